The average molecular weight is 429 g/mol. The third-order valence-electron chi connectivity index (χ3n) is 5.65. The van der Waals surface area contributed by atoms with E-state index in [2.05, 4.69) is 33.7 Å². The molecule has 0 unspecified atom stereocenters. The third kappa shape index (κ3) is 3.94. The third-order valence-corrected chi connectivity index (χ3v) is 7.54. The summed E-state index contributed by atoms with van der Waals surface area (Å²) in [6.45, 7) is 7.83. The highest BCUT2D eigenvalue weighted by Crippen LogP contribution is 2.35. The first-order chi connectivity index (χ1) is 14.4. The Hall–Kier alpha value is -2.45. The Morgan fingerprint density at radius 1 is 1.17 bits per heavy atom. The molecule has 0 radical (unpaired) electrons. The van der Waals surface area contributed by atoms with Crippen LogP contribution >= 0.6 is 0 Å². The van der Waals surface area contributed by atoms with E-state index in [1.807, 2.05) is 26.2 Å². The quantitative estimate of drug-likeness (QED) is 0.597. The molecule has 160 valence electrons. The molecule has 4 heterocycles. The number of hydrogen-bond acceptors (Lipinski definition) is 5. The van der Waals surface area contributed by atoms with Crippen LogP contribution in [-0.4, -0.2) is 46.5 Å². The molecule has 4 rings (SSSR count). The molecule has 1 saturated heterocycles. The molecule has 0 aromatic carbocycles. The lowest BCUT2D eigenvalue weighted by Gasteiger charge is -2.31. The number of fused-ring (bicyclic) bond motifs is 1. The van der Waals surface area contributed by atoms with Crippen LogP contribution in [0, 0.1) is 0 Å². The standard InChI is InChI=1S/C22H28N4O3S/c1-4-25-15-20(19-7-10-23-14-21(19)25)17-8-11-26(12-9-17)30(27,28)18-5-6-22(24-13-18)29-16(2)3/h5-7,10,13-17H,4,8-9,11-12H2,1-3H3. The molecule has 1 fully saturated rings. The molecule has 1 aliphatic rings. The fraction of sp³-hybridized carbons (Fsp3) is 0.455. The van der Waals surface area contributed by atoms with Gasteiger partial charge in [-0.2, -0.15) is 4.31 Å². The first-order valence-electron chi connectivity index (χ1n) is 10.5. The van der Waals surface area contributed by atoms with Crippen molar-refractivity contribution in [3.63, 3.8) is 0 Å². The van der Waals surface area contributed by atoms with Crippen molar-refractivity contribution in [1.29, 1.82) is 0 Å². The molecule has 0 bridgehead atoms. The van der Waals surface area contributed by atoms with Crippen molar-refractivity contribution in [3.8, 4) is 5.88 Å². The SMILES string of the molecule is CCn1cc(C2CCN(S(=O)(=O)c3ccc(OC(C)C)nc3)CC2)c2ccncc21. The molecular formula is C22H28N4O3S. The zero-order chi connectivity index (χ0) is 21.3. The van der Waals surface area contributed by atoms with E-state index in [0.29, 0.717) is 24.9 Å². The van der Waals surface area contributed by atoms with Gasteiger partial charge in [0.25, 0.3) is 0 Å². The Kier molecular flexibility index (Phi) is 5.79. The fourth-order valence-electron chi connectivity index (χ4n) is 4.14. The minimum absolute atomic E-state index is 0.00609. The summed E-state index contributed by atoms with van der Waals surface area (Å²) in [7, 11) is -3.55. The molecule has 7 nitrogen and oxygen atoms in total. The lowest BCUT2D eigenvalue weighted by atomic mass is 9.90. The maximum absolute atomic E-state index is 13.1. The zero-order valence-corrected chi connectivity index (χ0v) is 18.5. The molecule has 0 atom stereocenters. The van der Waals surface area contributed by atoms with Crippen molar-refractivity contribution >= 4 is 20.9 Å². The van der Waals surface area contributed by atoms with Crippen molar-refractivity contribution in [2.24, 2.45) is 0 Å². The number of aryl methyl sites for hydroxylation is 1. The Balaban J connectivity index is 1.49. The predicted molar refractivity (Wildman–Crippen MR) is 116 cm³/mol. The number of hydrogen-bond donors (Lipinski definition) is 0. The van der Waals surface area contributed by atoms with E-state index in [0.717, 1.165) is 24.9 Å². The smallest absolute Gasteiger partial charge is 0.244 e. The van der Waals surface area contributed by atoms with Gasteiger partial charge in [-0.05, 0) is 57.2 Å². The molecule has 0 N–H and O–H groups in total. The number of aromatic nitrogens is 3. The number of ether oxygens (including phenoxy) is 1. The second-order valence-corrected chi connectivity index (χ2v) is 9.88. The van der Waals surface area contributed by atoms with Gasteiger partial charge in [0.2, 0.25) is 15.9 Å². The van der Waals surface area contributed by atoms with Crippen molar-refractivity contribution in [2.75, 3.05) is 13.1 Å². The van der Waals surface area contributed by atoms with E-state index >= 15 is 0 Å². The Labute approximate surface area is 177 Å². The largest absolute Gasteiger partial charge is 0.475 e. The molecule has 1 aliphatic heterocycles. The molecule has 3 aromatic heterocycles. The summed E-state index contributed by atoms with van der Waals surface area (Å²) in [5.41, 5.74) is 2.43. The minimum Gasteiger partial charge on any atom is -0.475 e. The van der Waals surface area contributed by atoms with Crippen LogP contribution in [0.25, 0.3) is 10.9 Å². The first kappa shape index (κ1) is 20.8. The number of sulfonamides is 1. The number of nitrogens with zero attached hydrogens (tertiary/aromatic N) is 4. The van der Waals surface area contributed by atoms with Gasteiger partial charge in [-0.3, -0.25) is 4.98 Å². The Morgan fingerprint density at radius 2 is 1.93 bits per heavy atom. The number of rotatable bonds is 6. The highest BCUT2D eigenvalue weighted by atomic mass is 32.2. The first-order valence-corrected chi connectivity index (χ1v) is 11.9. The summed E-state index contributed by atoms with van der Waals surface area (Å²) in [5.74, 6) is 0.776. The average Bonchev–Trinajstić information content (AvgIpc) is 3.13. The van der Waals surface area contributed by atoms with Gasteiger partial charge in [-0.15, -0.1) is 0 Å². The van der Waals surface area contributed by atoms with Gasteiger partial charge < -0.3 is 9.30 Å². The molecule has 0 amide bonds. The normalized spacial score (nSPS) is 16.4. The highest BCUT2D eigenvalue weighted by Gasteiger charge is 2.31. The van der Waals surface area contributed by atoms with Crippen molar-refractivity contribution < 1.29 is 13.2 Å². The van der Waals surface area contributed by atoms with Gasteiger partial charge in [-0.25, -0.2) is 13.4 Å². The van der Waals surface area contributed by atoms with E-state index in [1.54, 1.807) is 16.4 Å². The maximum Gasteiger partial charge on any atom is 0.244 e. The van der Waals surface area contributed by atoms with Crippen LogP contribution in [0.1, 0.15) is 45.1 Å². The van der Waals surface area contributed by atoms with Crippen LogP contribution < -0.4 is 4.74 Å². The summed E-state index contributed by atoms with van der Waals surface area (Å²) in [5, 5.41) is 1.22. The highest BCUT2D eigenvalue weighted by molar-refractivity contribution is 7.89. The topological polar surface area (TPSA) is 77.3 Å². The molecule has 0 spiro atoms. The van der Waals surface area contributed by atoms with E-state index < -0.39 is 10.0 Å². The summed E-state index contributed by atoms with van der Waals surface area (Å²) in [6.07, 6.45) is 8.92. The van der Waals surface area contributed by atoms with Crippen molar-refractivity contribution in [1.82, 2.24) is 18.8 Å². The number of pyridine rings is 2. The molecular weight excluding hydrogens is 400 g/mol. The van der Waals surface area contributed by atoms with Gasteiger partial charge in [-0.1, -0.05) is 0 Å². The van der Waals surface area contributed by atoms with Crippen LogP contribution in [0.4, 0.5) is 0 Å². The summed E-state index contributed by atoms with van der Waals surface area (Å²) < 4.78 is 35.4. The lowest BCUT2D eigenvalue weighted by Crippen LogP contribution is -2.37. The Morgan fingerprint density at radius 3 is 2.57 bits per heavy atom. The van der Waals surface area contributed by atoms with Crippen LogP contribution in [-0.2, 0) is 16.6 Å². The van der Waals surface area contributed by atoms with Crippen LogP contribution in [0.3, 0.4) is 0 Å². The lowest BCUT2D eigenvalue weighted by molar-refractivity contribution is 0.232. The van der Waals surface area contributed by atoms with Crippen molar-refractivity contribution in [2.45, 2.75) is 57.1 Å². The zero-order valence-electron chi connectivity index (χ0n) is 17.7. The second-order valence-electron chi connectivity index (χ2n) is 7.94. The molecule has 0 aliphatic carbocycles. The van der Waals surface area contributed by atoms with E-state index in [4.69, 9.17) is 4.74 Å². The molecule has 8 heteroatoms. The van der Waals surface area contributed by atoms with E-state index in [1.165, 1.54) is 17.1 Å². The van der Waals surface area contributed by atoms with Gasteiger partial charge in [0.15, 0.2) is 0 Å². The monoisotopic (exact) mass is 428 g/mol. The van der Waals surface area contributed by atoms with Gasteiger partial charge >= 0.3 is 0 Å². The van der Waals surface area contributed by atoms with Crippen LogP contribution in [0.2, 0.25) is 0 Å². The van der Waals surface area contributed by atoms with Crippen molar-refractivity contribution in [3.05, 3.63) is 48.5 Å². The molecule has 30 heavy (non-hydrogen) atoms. The fourth-order valence-corrected chi connectivity index (χ4v) is 5.56. The van der Waals surface area contributed by atoms with E-state index in [9.17, 15) is 8.42 Å². The van der Waals surface area contributed by atoms with Gasteiger partial charge in [0.05, 0.1) is 24.0 Å². The van der Waals surface area contributed by atoms with Gasteiger partial charge in [0.1, 0.15) is 4.90 Å². The summed E-state index contributed by atoms with van der Waals surface area (Å²) in [6, 6.07) is 5.26. The number of piperidine rings is 1. The molecule has 0 saturated carbocycles. The van der Waals surface area contributed by atoms with Crippen LogP contribution in [0.5, 0.6) is 5.88 Å². The summed E-state index contributed by atoms with van der Waals surface area (Å²) >= 11 is 0. The predicted octanol–water partition coefficient (Wildman–Crippen LogP) is 3.81. The van der Waals surface area contributed by atoms with Crippen LogP contribution in [0.15, 0.2) is 47.9 Å². The van der Waals surface area contributed by atoms with E-state index in [-0.39, 0.29) is 11.0 Å². The summed E-state index contributed by atoms with van der Waals surface area (Å²) in [4.78, 5) is 8.62. The van der Waals surface area contributed by atoms with Gasteiger partial charge in [0, 0.05) is 43.5 Å². The second kappa shape index (κ2) is 8.35. The Bertz CT molecular complexity index is 1110. The molecule has 3 aromatic rings. The minimum atomic E-state index is -3.55. The maximum atomic E-state index is 13.1.